The SMILES string of the molecule is O=C(Cc1ccc(F)cc1)OCC(=O)N1CCc2ccccc21. The molecule has 0 aliphatic carbocycles. The Morgan fingerprint density at radius 2 is 1.83 bits per heavy atom. The lowest BCUT2D eigenvalue weighted by molar-refractivity contribution is -0.147. The average molecular weight is 313 g/mol. The highest BCUT2D eigenvalue weighted by atomic mass is 19.1. The molecule has 1 heterocycles. The van der Waals surface area contributed by atoms with E-state index in [4.69, 9.17) is 4.74 Å². The first-order valence-electron chi connectivity index (χ1n) is 7.42. The summed E-state index contributed by atoms with van der Waals surface area (Å²) >= 11 is 0. The third-order valence-corrected chi connectivity index (χ3v) is 3.81. The first kappa shape index (κ1) is 15.2. The number of carbonyl (C=O) groups is 2. The van der Waals surface area contributed by atoms with Crippen LogP contribution in [0.1, 0.15) is 11.1 Å². The zero-order chi connectivity index (χ0) is 16.2. The second-order valence-electron chi connectivity index (χ2n) is 5.39. The van der Waals surface area contributed by atoms with E-state index in [1.165, 1.54) is 24.3 Å². The fourth-order valence-electron chi connectivity index (χ4n) is 2.64. The Bertz CT molecular complexity index is 727. The first-order chi connectivity index (χ1) is 11.1. The minimum Gasteiger partial charge on any atom is -0.455 e. The number of esters is 1. The lowest BCUT2D eigenvalue weighted by Gasteiger charge is -2.17. The third-order valence-electron chi connectivity index (χ3n) is 3.81. The van der Waals surface area contributed by atoms with Crippen molar-refractivity contribution >= 4 is 17.6 Å². The second-order valence-corrected chi connectivity index (χ2v) is 5.39. The van der Waals surface area contributed by atoms with Gasteiger partial charge in [0, 0.05) is 12.2 Å². The van der Waals surface area contributed by atoms with Crippen LogP contribution in [0.15, 0.2) is 48.5 Å². The van der Waals surface area contributed by atoms with E-state index in [-0.39, 0.29) is 24.8 Å². The molecular formula is C18H16FNO3. The maximum atomic E-state index is 12.8. The van der Waals surface area contributed by atoms with E-state index in [9.17, 15) is 14.0 Å². The molecule has 1 aliphatic heterocycles. The van der Waals surface area contributed by atoms with Crippen LogP contribution in [0, 0.1) is 5.82 Å². The number of para-hydroxylation sites is 1. The van der Waals surface area contributed by atoms with Gasteiger partial charge in [-0.1, -0.05) is 30.3 Å². The molecule has 0 radical (unpaired) electrons. The van der Waals surface area contributed by atoms with Crippen LogP contribution in [-0.2, 0) is 27.2 Å². The fraction of sp³-hybridized carbons (Fsp3) is 0.222. The molecule has 0 saturated carbocycles. The molecule has 2 aromatic carbocycles. The summed E-state index contributed by atoms with van der Waals surface area (Å²) in [7, 11) is 0. The summed E-state index contributed by atoms with van der Waals surface area (Å²) in [5.74, 6) is -1.09. The quantitative estimate of drug-likeness (QED) is 0.815. The third kappa shape index (κ3) is 3.56. The van der Waals surface area contributed by atoms with Gasteiger partial charge in [0.15, 0.2) is 6.61 Å². The number of hydrogen-bond donors (Lipinski definition) is 0. The summed E-state index contributed by atoms with van der Waals surface area (Å²) in [5.41, 5.74) is 2.65. The number of anilines is 1. The second kappa shape index (κ2) is 6.60. The normalized spacial score (nSPS) is 12.8. The Morgan fingerprint density at radius 3 is 2.61 bits per heavy atom. The van der Waals surface area contributed by atoms with Crippen molar-refractivity contribution in [3.63, 3.8) is 0 Å². The molecule has 0 fully saturated rings. The van der Waals surface area contributed by atoms with Crippen LogP contribution in [0.2, 0.25) is 0 Å². The van der Waals surface area contributed by atoms with Crippen LogP contribution < -0.4 is 4.90 Å². The maximum Gasteiger partial charge on any atom is 0.310 e. The predicted molar refractivity (Wildman–Crippen MR) is 83.6 cm³/mol. The number of rotatable bonds is 4. The Hall–Kier alpha value is -2.69. The van der Waals surface area contributed by atoms with Gasteiger partial charge < -0.3 is 9.64 Å². The molecule has 0 bridgehead atoms. The summed E-state index contributed by atoms with van der Waals surface area (Å²) in [4.78, 5) is 25.6. The lowest BCUT2D eigenvalue weighted by Crippen LogP contribution is -2.33. The minimum absolute atomic E-state index is 0.0180. The summed E-state index contributed by atoms with van der Waals surface area (Å²) in [6.45, 7) is 0.321. The molecule has 0 unspecified atom stereocenters. The van der Waals surface area contributed by atoms with Crippen molar-refractivity contribution in [3.05, 3.63) is 65.5 Å². The Morgan fingerprint density at radius 1 is 1.09 bits per heavy atom. The van der Waals surface area contributed by atoms with E-state index in [2.05, 4.69) is 0 Å². The Kier molecular flexibility index (Phi) is 4.37. The highest BCUT2D eigenvalue weighted by Gasteiger charge is 2.24. The van der Waals surface area contributed by atoms with Crippen molar-refractivity contribution in [1.82, 2.24) is 0 Å². The van der Waals surface area contributed by atoms with E-state index in [1.807, 2.05) is 24.3 Å². The molecule has 1 amide bonds. The summed E-state index contributed by atoms with van der Waals surface area (Å²) in [6.07, 6.45) is 0.829. The molecule has 0 atom stereocenters. The predicted octanol–water partition coefficient (Wildman–Crippen LogP) is 2.50. The Balaban J connectivity index is 1.53. The van der Waals surface area contributed by atoms with Crippen molar-refractivity contribution < 1.29 is 18.7 Å². The molecule has 0 saturated heterocycles. The van der Waals surface area contributed by atoms with Gasteiger partial charge in [0.25, 0.3) is 5.91 Å². The number of carbonyl (C=O) groups excluding carboxylic acids is 2. The minimum atomic E-state index is -0.502. The number of amides is 1. The topological polar surface area (TPSA) is 46.6 Å². The summed E-state index contributed by atoms with van der Waals surface area (Å²) < 4.78 is 17.8. The van der Waals surface area contributed by atoms with Gasteiger partial charge in [0.1, 0.15) is 5.82 Å². The van der Waals surface area contributed by atoms with E-state index in [0.29, 0.717) is 12.1 Å². The highest BCUT2D eigenvalue weighted by Crippen LogP contribution is 2.27. The Labute approximate surface area is 133 Å². The molecule has 118 valence electrons. The molecule has 0 spiro atoms. The largest absolute Gasteiger partial charge is 0.455 e. The first-order valence-corrected chi connectivity index (χ1v) is 7.42. The molecule has 4 nitrogen and oxygen atoms in total. The summed E-state index contributed by atoms with van der Waals surface area (Å²) in [5, 5.41) is 0. The van der Waals surface area contributed by atoms with Gasteiger partial charge in [0.05, 0.1) is 6.42 Å². The van der Waals surface area contributed by atoms with Crippen LogP contribution in [0.25, 0.3) is 0 Å². The molecule has 0 aromatic heterocycles. The zero-order valence-electron chi connectivity index (χ0n) is 12.5. The van der Waals surface area contributed by atoms with Crippen molar-refractivity contribution in [1.29, 1.82) is 0 Å². The van der Waals surface area contributed by atoms with Crippen LogP contribution in [0.5, 0.6) is 0 Å². The van der Waals surface area contributed by atoms with Gasteiger partial charge in [-0.25, -0.2) is 4.39 Å². The highest BCUT2D eigenvalue weighted by molar-refractivity contribution is 5.97. The van der Waals surface area contributed by atoms with Crippen LogP contribution >= 0.6 is 0 Å². The van der Waals surface area contributed by atoms with Crippen LogP contribution in [0.3, 0.4) is 0 Å². The van der Waals surface area contributed by atoms with Crippen molar-refractivity contribution in [2.24, 2.45) is 0 Å². The van der Waals surface area contributed by atoms with Gasteiger partial charge in [-0.05, 0) is 35.7 Å². The van der Waals surface area contributed by atoms with Gasteiger partial charge in [-0.15, -0.1) is 0 Å². The molecule has 0 N–H and O–H groups in total. The molecule has 1 aliphatic rings. The van der Waals surface area contributed by atoms with Gasteiger partial charge in [-0.2, -0.15) is 0 Å². The van der Waals surface area contributed by atoms with E-state index < -0.39 is 5.97 Å². The number of hydrogen-bond acceptors (Lipinski definition) is 3. The van der Waals surface area contributed by atoms with Crippen LogP contribution in [-0.4, -0.2) is 25.0 Å². The zero-order valence-corrected chi connectivity index (χ0v) is 12.5. The number of nitrogens with zero attached hydrogens (tertiary/aromatic N) is 1. The van der Waals surface area contributed by atoms with E-state index in [1.54, 1.807) is 4.90 Å². The van der Waals surface area contributed by atoms with Crippen molar-refractivity contribution in [3.8, 4) is 0 Å². The molecule has 23 heavy (non-hydrogen) atoms. The van der Waals surface area contributed by atoms with E-state index >= 15 is 0 Å². The molecule has 2 aromatic rings. The maximum absolute atomic E-state index is 12.8. The smallest absolute Gasteiger partial charge is 0.310 e. The number of halogens is 1. The average Bonchev–Trinajstić information content (AvgIpc) is 2.99. The van der Waals surface area contributed by atoms with Crippen molar-refractivity contribution in [2.75, 3.05) is 18.1 Å². The number of ether oxygens (including phenoxy) is 1. The number of fused-ring (bicyclic) bond motifs is 1. The van der Waals surface area contributed by atoms with Crippen LogP contribution in [0.4, 0.5) is 10.1 Å². The molecular weight excluding hydrogens is 297 g/mol. The lowest BCUT2D eigenvalue weighted by atomic mass is 10.1. The fourth-order valence-corrected chi connectivity index (χ4v) is 2.64. The molecule has 5 heteroatoms. The van der Waals surface area contributed by atoms with Gasteiger partial charge in [0.2, 0.25) is 0 Å². The molecule has 3 rings (SSSR count). The van der Waals surface area contributed by atoms with Crippen molar-refractivity contribution in [2.45, 2.75) is 12.8 Å². The monoisotopic (exact) mass is 313 g/mol. The summed E-state index contributed by atoms with van der Waals surface area (Å²) in [6, 6.07) is 13.3. The standard InChI is InChI=1S/C18H16FNO3/c19-15-7-5-13(6-8-15)11-18(22)23-12-17(21)20-10-9-14-3-1-2-4-16(14)20/h1-8H,9-12H2. The van der Waals surface area contributed by atoms with Gasteiger partial charge >= 0.3 is 5.97 Å². The number of benzene rings is 2. The van der Waals surface area contributed by atoms with Gasteiger partial charge in [-0.3, -0.25) is 9.59 Å². The van der Waals surface area contributed by atoms with E-state index in [0.717, 1.165) is 17.7 Å².